The van der Waals surface area contributed by atoms with Crippen molar-refractivity contribution in [3.05, 3.63) is 55.3 Å². The lowest BCUT2D eigenvalue weighted by Gasteiger charge is -2.25. The van der Waals surface area contributed by atoms with Crippen molar-refractivity contribution >= 4 is 12.6 Å². The third kappa shape index (κ3) is 3.18. The summed E-state index contributed by atoms with van der Waals surface area (Å²) in [5, 5.41) is 0. The molecule has 1 saturated heterocycles. The van der Waals surface area contributed by atoms with Crippen LogP contribution in [0.3, 0.4) is 0 Å². The van der Waals surface area contributed by atoms with Gasteiger partial charge in [-0.2, -0.15) is 0 Å². The molecule has 0 amide bonds. The zero-order chi connectivity index (χ0) is 16.7. The fourth-order valence-electron chi connectivity index (χ4n) is 2.15. The molecule has 1 fully saturated rings. The van der Waals surface area contributed by atoms with Gasteiger partial charge in [0.1, 0.15) is 17.2 Å². The molecule has 1 aromatic heterocycles. The van der Waals surface area contributed by atoms with Gasteiger partial charge in [-0.25, -0.2) is 9.37 Å². The molecule has 0 N–H and O–H groups in total. The van der Waals surface area contributed by atoms with Crippen LogP contribution in [-0.4, -0.2) is 23.3 Å². The normalized spacial score (nSPS) is 23.0. The lowest BCUT2D eigenvalue weighted by molar-refractivity contribution is 0.0262. The van der Waals surface area contributed by atoms with Crippen molar-refractivity contribution < 1.29 is 18.4 Å². The molecule has 1 aliphatic heterocycles. The Morgan fingerprint density at radius 2 is 1.78 bits per heavy atom. The van der Waals surface area contributed by atoms with Gasteiger partial charge in [0, 0.05) is 24.6 Å². The average molecular weight is 314 g/mol. The zero-order valence-electron chi connectivity index (χ0n) is 13.4. The first-order valence-corrected chi connectivity index (χ1v) is 7.37. The summed E-state index contributed by atoms with van der Waals surface area (Å²) in [4.78, 5) is 4.24. The Labute approximate surface area is 135 Å². The molecular weight excluding hydrogens is 296 g/mol. The molecule has 0 radical (unpaired) electrons. The quantitative estimate of drug-likeness (QED) is 0.645. The molecule has 0 bridgehead atoms. The summed E-state index contributed by atoms with van der Waals surface area (Å²) < 4.78 is 30.2. The molecule has 0 spiro atoms. The minimum Gasteiger partial charge on any atom is -0.439 e. The van der Waals surface area contributed by atoms with Crippen LogP contribution in [0.5, 0.6) is 11.6 Å². The number of hydrogen-bond acceptors (Lipinski definition) is 4. The fourth-order valence-corrected chi connectivity index (χ4v) is 2.15. The van der Waals surface area contributed by atoms with Crippen LogP contribution in [0, 0.1) is 12.7 Å². The van der Waals surface area contributed by atoms with E-state index in [4.69, 9.17) is 14.0 Å². The largest absolute Gasteiger partial charge is 0.499 e. The molecule has 118 valence electrons. The van der Waals surface area contributed by atoms with Crippen molar-refractivity contribution in [2.24, 2.45) is 0 Å². The third-order valence-electron chi connectivity index (χ3n) is 4.11. The summed E-state index contributed by atoms with van der Waals surface area (Å²) in [5.41, 5.74) is -0.348. The van der Waals surface area contributed by atoms with Gasteiger partial charge in [0.05, 0.1) is 6.92 Å². The van der Waals surface area contributed by atoms with Gasteiger partial charge in [0.2, 0.25) is 11.5 Å². The van der Waals surface area contributed by atoms with Gasteiger partial charge < -0.3 is 14.0 Å². The maximum Gasteiger partial charge on any atom is 0.499 e. The predicted molar refractivity (Wildman–Crippen MR) is 86.1 cm³/mol. The molecule has 1 atom stereocenters. The van der Waals surface area contributed by atoms with E-state index in [0.717, 1.165) is 5.46 Å². The topological polar surface area (TPSA) is 40.6 Å². The van der Waals surface area contributed by atoms with E-state index in [-0.39, 0.29) is 5.82 Å². The Kier molecular flexibility index (Phi) is 3.82. The van der Waals surface area contributed by atoms with Gasteiger partial charge >= 0.3 is 7.12 Å². The molecule has 1 unspecified atom stereocenters. The minimum atomic E-state index is -0.638. The highest BCUT2D eigenvalue weighted by atomic mass is 19.1. The molecule has 3 rings (SSSR count). The minimum absolute atomic E-state index is 0.310. The summed E-state index contributed by atoms with van der Waals surface area (Å²) in [5.74, 6) is 0.622. The van der Waals surface area contributed by atoms with Crippen molar-refractivity contribution in [3.63, 3.8) is 0 Å². The molecule has 2 heterocycles. The van der Waals surface area contributed by atoms with Gasteiger partial charge in [-0.1, -0.05) is 6.07 Å². The van der Waals surface area contributed by atoms with E-state index in [1.165, 1.54) is 12.1 Å². The maximum absolute atomic E-state index is 12.9. The number of halogens is 1. The molecule has 4 nitrogen and oxygen atoms in total. The van der Waals surface area contributed by atoms with Crippen LogP contribution in [0.25, 0.3) is 0 Å². The smallest absolute Gasteiger partial charge is 0.439 e. The lowest BCUT2D eigenvalue weighted by Crippen LogP contribution is -2.42. The number of hydrogen-bond donors (Lipinski definition) is 0. The average Bonchev–Trinajstić information content (AvgIpc) is 2.71. The molecule has 0 saturated carbocycles. The van der Waals surface area contributed by atoms with E-state index in [9.17, 15) is 4.39 Å². The van der Waals surface area contributed by atoms with E-state index < -0.39 is 18.3 Å². The van der Waals surface area contributed by atoms with Gasteiger partial charge in [0.15, 0.2) is 0 Å². The van der Waals surface area contributed by atoms with E-state index in [1.54, 1.807) is 24.4 Å². The Morgan fingerprint density at radius 1 is 1.09 bits per heavy atom. The first-order valence-electron chi connectivity index (χ1n) is 7.37. The van der Waals surface area contributed by atoms with Crippen LogP contribution in [-0.2, 0) is 9.31 Å². The van der Waals surface area contributed by atoms with Crippen molar-refractivity contribution in [3.8, 4) is 11.6 Å². The van der Waals surface area contributed by atoms with Gasteiger partial charge in [0.25, 0.3) is 0 Å². The molecule has 1 aromatic carbocycles. The Morgan fingerprint density at radius 3 is 2.30 bits per heavy atom. The summed E-state index contributed by atoms with van der Waals surface area (Å²) in [6.07, 6.45) is 1.64. The Hall–Kier alpha value is -2.05. The standard InChI is InChI=1S/C17H18BFNO3/c1-16(2)17(3,4)23-18(22-16)12-5-10-15(20-11-12)21-14-8-6-13(19)7-9-14/h5-11H,1H2,2-4H3/q+1. The second-order valence-corrected chi connectivity index (χ2v) is 6.29. The van der Waals surface area contributed by atoms with Crippen LogP contribution in [0.1, 0.15) is 20.8 Å². The van der Waals surface area contributed by atoms with Crippen molar-refractivity contribution in [2.45, 2.75) is 32.0 Å². The molecule has 2 aromatic rings. The van der Waals surface area contributed by atoms with E-state index in [1.807, 2.05) is 26.8 Å². The number of benzene rings is 1. The second-order valence-electron chi connectivity index (χ2n) is 6.29. The summed E-state index contributed by atoms with van der Waals surface area (Å²) in [7, 11) is -0.514. The van der Waals surface area contributed by atoms with Crippen molar-refractivity contribution in [1.82, 2.24) is 4.98 Å². The SMILES string of the molecule is [CH2+]C1(C)OB(c2ccc(Oc3ccc(F)cc3)nc2)OC1(C)C. The van der Waals surface area contributed by atoms with Crippen LogP contribution < -0.4 is 10.2 Å². The number of aromatic nitrogens is 1. The van der Waals surface area contributed by atoms with E-state index >= 15 is 0 Å². The fraction of sp³-hybridized carbons (Fsp3) is 0.294. The first kappa shape index (κ1) is 15.8. The van der Waals surface area contributed by atoms with Crippen LogP contribution in [0.4, 0.5) is 4.39 Å². The highest BCUT2D eigenvalue weighted by Crippen LogP contribution is 2.36. The summed E-state index contributed by atoms with van der Waals surface area (Å²) >= 11 is 0. The number of pyridine rings is 1. The molecule has 6 heteroatoms. The van der Waals surface area contributed by atoms with Gasteiger partial charge in [-0.3, -0.25) is 0 Å². The molecular formula is C17H18BFNO3+. The summed E-state index contributed by atoms with van der Waals surface area (Å²) in [6.45, 7) is 9.84. The second kappa shape index (κ2) is 5.55. The van der Waals surface area contributed by atoms with Crippen LogP contribution >= 0.6 is 0 Å². The van der Waals surface area contributed by atoms with Gasteiger partial charge in [-0.15, -0.1) is 0 Å². The zero-order valence-corrected chi connectivity index (χ0v) is 13.4. The number of ether oxygens (including phenoxy) is 1. The third-order valence-corrected chi connectivity index (χ3v) is 4.11. The number of nitrogens with zero attached hydrogens (tertiary/aromatic N) is 1. The monoisotopic (exact) mass is 314 g/mol. The Bertz CT molecular complexity index is 670. The molecule has 23 heavy (non-hydrogen) atoms. The predicted octanol–water partition coefficient (Wildman–Crippen LogP) is 3.13. The number of rotatable bonds is 3. The van der Waals surface area contributed by atoms with Gasteiger partial charge in [-0.05, 0) is 38.1 Å². The highest BCUT2D eigenvalue weighted by Gasteiger charge is 2.57. The van der Waals surface area contributed by atoms with Crippen LogP contribution in [0.2, 0.25) is 0 Å². The maximum atomic E-state index is 12.9. The highest BCUT2D eigenvalue weighted by molar-refractivity contribution is 6.62. The van der Waals surface area contributed by atoms with Crippen molar-refractivity contribution in [1.29, 1.82) is 0 Å². The molecule has 0 aliphatic carbocycles. The molecule has 1 aliphatic rings. The first-order chi connectivity index (χ1) is 10.8. The lowest BCUT2D eigenvalue weighted by atomic mass is 9.80. The van der Waals surface area contributed by atoms with E-state index in [0.29, 0.717) is 11.6 Å². The van der Waals surface area contributed by atoms with Crippen LogP contribution in [0.15, 0.2) is 42.6 Å². The Balaban J connectivity index is 1.72. The van der Waals surface area contributed by atoms with E-state index in [2.05, 4.69) is 11.9 Å². The van der Waals surface area contributed by atoms with Crippen molar-refractivity contribution in [2.75, 3.05) is 0 Å². The summed E-state index contributed by atoms with van der Waals surface area (Å²) in [6, 6.07) is 9.31.